The van der Waals surface area contributed by atoms with Crippen molar-refractivity contribution in [1.82, 2.24) is 20.1 Å². The molecule has 0 aliphatic carbocycles. The number of aromatic nitrogens is 3. The molecule has 0 spiro atoms. The zero-order valence-corrected chi connectivity index (χ0v) is 15.1. The van der Waals surface area contributed by atoms with Crippen LogP contribution in [0.2, 0.25) is 0 Å². The van der Waals surface area contributed by atoms with Gasteiger partial charge >= 0.3 is 6.09 Å². The Balaban J connectivity index is 1.68. The Kier molecular flexibility index (Phi) is 4.62. The van der Waals surface area contributed by atoms with Crippen molar-refractivity contribution in [2.24, 2.45) is 0 Å². The van der Waals surface area contributed by atoms with Crippen molar-refractivity contribution in [2.75, 3.05) is 12.3 Å². The van der Waals surface area contributed by atoms with Gasteiger partial charge in [0, 0.05) is 17.0 Å². The summed E-state index contributed by atoms with van der Waals surface area (Å²) < 4.78 is 7.25. The number of hydrogen-bond donors (Lipinski definition) is 1. The summed E-state index contributed by atoms with van der Waals surface area (Å²) >= 11 is 1.53. The van der Waals surface area contributed by atoms with Crippen molar-refractivity contribution in [1.29, 1.82) is 0 Å². The van der Waals surface area contributed by atoms with Gasteiger partial charge in [0.15, 0.2) is 11.0 Å². The normalized spacial score (nSPS) is 16.3. The van der Waals surface area contributed by atoms with Crippen LogP contribution in [0.4, 0.5) is 4.79 Å². The van der Waals surface area contributed by atoms with Gasteiger partial charge in [0.25, 0.3) is 0 Å². The van der Waals surface area contributed by atoms with Crippen LogP contribution in [0.3, 0.4) is 0 Å². The van der Waals surface area contributed by atoms with E-state index in [1.165, 1.54) is 17.3 Å². The molecule has 7 heteroatoms. The van der Waals surface area contributed by atoms with Gasteiger partial charge in [-0.25, -0.2) is 4.79 Å². The van der Waals surface area contributed by atoms with Crippen molar-refractivity contribution in [3.8, 4) is 17.1 Å². The molecule has 1 aliphatic rings. The van der Waals surface area contributed by atoms with E-state index in [0.717, 1.165) is 22.2 Å². The third-order valence-electron chi connectivity index (χ3n) is 4.10. The molecular weight excluding hydrogens is 348 g/mol. The molecule has 6 nitrogen and oxygen atoms in total. The molecular formula is C19H18N4O2S. The summed E-state index contributed by atoms with van der Waals surface area (Å²) in [6.07, 6.45) is -0.517. The maximum atomic E-state index is 11.2. The number of cyclic esters (lactones) is 1. The summed E-state index contributed by atoms with van der Waals surface area (Å²) in [7, 11) is 0. The molecule has 3 aromatic rings. The minimum atomic E-state index is -0.361. The molecule has 1 fully saturated rings. The number of benzene rings is 2. The first-order chi connectivity index (χ1) is 12.7. The zero-order chi connectivity index (χ0) is 17.9. The Hall–Kier alpha value is -2.80. The van der Waals surface area contributed by atoms with Crippen LogP contribution in [0.15, 0.2) is 59.8 Å². The third-order valence-corrected chi connectivity index (χ3v) is 5.16. The molecule has 1 unspecified atom stereocenters. The van der Waals surface area contributed by atoms with Crippen LogP contribution >= 0.6 is 11.8 Å². The van der Waals surface area contributed by atoms with E-state index in [2.05, 4.69) is 46.7 Å². The molecule has 1 aliphatic heterocycles. The maximum Gasteiger partial charge on any atom is 0.407 e. The van der Waals surface area contributed by atoms with Gasteiger partial charge in [-0.2, -0.15) is 0 Å². The van der Waals surface area contributed by atoms with Crippen molar-refractivity contribution in [3.63, 3.8) is 0 Å². The van der Waals surface area contributed by atoms with E-state index in [-0.39, 0.29) is 12.2 Å². The zero-order valence-electron chi connectivity index (χ0n) is 14.3. The van der Waals surface area contributed by atoms with Gasteiger partial charge < -0.3 is 10.1 Å². The number of nitrogens with one attached hydrogen (secondary N) is 1. The van der Waals surface area contributed by atoms with E-state index >= 15 is 0 Å². The SMILES string of the molecule is Cc1ccc(-n2c(SCC3CNC(=O)O3)nnc2-c2ccccc2)cc1. The van der Waals surface area contributed by atoms with Gasteiger partial charge in [-0.3, -0.25) is 4.57 Å². The molecule has 4 rings (SSSR count). The average Bonchev–Trinajstić information content (AvgIpc) is 3.27. The Labute approximate surface area is 155 Å². The Bertz CT molecular complexity index is 909. The fourth-order valence-corrected chi connectivity index (χ4v) is 3.70. The monoisotopic (exact) mass is 366 g/mol. The fraction of sp³-hybridized carbons (Fsp3) is 0.211. The standard InChI is InChI=1S/C19H18N4O2S/c1-13-7-9-15(10-8-13)23-17(14-5-3-2-4-6-14)21-22-18(23)26-12-16-11-20-19(24)25-16/h2-10,16H,11-12H2,1H3,(H,20,24). The molecule has 2 aromatic carbocycles. The number of rotatable bonds is 5. The third kappa shape index (κ3) is 3.43. The Morgan fingerprint density at radius 1 is 1.15 bits per heavy atom. The van der Waals surface area contributed by atoms with Gasteiger partial charge in [0.2, 0.25) is 0 Å². The highest BCUT2D eigenvalue weighted by Crippen LogP contribution is 2.28. The molecule has 0 bridgehead atoms. The quantitative estimate of drug-likeness (QED) is 0.701. The summed E-state index contributed by atoms with van der Waals surface area (Å²) in [4.78, 5) is 11.2. The summed E-state index contributed by atoms with van der Waals surface area (Å²) in [6, 6.07) is 18.3. The van der Waals surface area contributed by atoms with Gasteiger partial charge in [-0.05, 0) is 19.1 Å². The summed E-state index contributed by atoms with van der Waals surface area (Å²) in [6.45, 7) is 2.58. The lowest BCUT2D eigenvalue weighted by Gasteiger charge is -2.12. The van der Waals surface area contributed by atoms with Crippen molar-refractivity contribution >= 4 is 17.9 Å². The fourth-order valence-electron chi connectivity index (χ4n) is 2.76. The first-order valence-electron chi connectivity index (χ1n) is 8.36. The van der Waals surface area contributed by atoms with Gasteiger partial charge in [-0.15, -0.1) is 10.2 Å². The summed E-state index contributed by atoms with van der Waals surface area (Å²) in [5.41, 5.74) is 3.20. The van der Waals surface area contributed by atoms with Crippen molar-refractivity contribution in [2.45, 2.75) is 18.2 Å². The average molecular weight is 366 g/mol. The van der Waals surface area contributed by atoms with Crippen LogP contribution in [0.5, 0.6) is 0 Å². The number of ether oxygens (including phenoxy) is 1. The molecule has 0 saturated carbocycles. The Morgan fingerprint density at radius 2 is 1.92 bits per heavy atom. The van der Waals surface area contributed by atoms with E-state index in [0.29, 0.717) is 12.3 Å². The van der Waals surface area contributed by atoms with Gasteiger partial charge in [-0.1, -0.05) is 59.8 Å². The smallest absolute Gasteiger partial charge is 0.407 e. The van der Waals surface area contributed by atoms with E-state index in [1.54, 1.807) is 0 Å². The van der Waals surface area contributed by atoms with E-state index in [4.69, 9.17) is 4.74 Å². The second-order valence-corrected chi connectivity index (χ2v) is 7.05. The summed E-state index contributed by atoms with van der Waals surface area (Å²) in [5.74, 6) is 1.41. The lowest BCUT2D eigenvalue weighted by molar-refractivity contribution is 0.150. The molecule has 1 saturated heterocycles. The molecule has 1 amide bonds. The lowest BCUT2D eigenvalue weighted by atomic mass is 10.2. The Morgan fingerprint density at radius 3 is 2.62 bits per heavy atom. The van der Waals surface area contributed by atoms with Crippen LogP contribution in [0.25, 0.3) is 17.1 Å². The van der Waals surface area contributed by atoms with Crippen LogP contribution in [0, 0.1) is 6.92 Å². The molecule has 26 heavy (non-hydrogen) atoms. The highest BCUT2D eigenvalue weighted by atomic mass is 32.2. The first-order valence-corrected chi connectivity index (χ1v) is 9.34. The molecule has 132 valence electrons. The molecule has 2 heterocycles. The van der Waals surface area contributed by atoms with Crippen molar-refractivity contribution in [3.05, 3.63) is 60.2 Å². The number of aryl methyl sites for hydroxylation is 1. The van der Waals surface area contributed by atoms with E-state index < -0.39 is 0 Å². The molecule has 1 aromatic heterocycles. The highest BCUT2D eigenvalue weighted by Gasteiger charge is 2.24. The number of alkyl carbamates (subject to hydrolysis) is 1. The second kappa shape index (κ2) is 7.21. The topological polar surface area (TPSA) is 69.0 Å². The van der Waals surface area contributed by atoms with E-state index in [9.17, 15) is 4.79 Å². The van der Waals surface area contributed by atoms with E-state index in [1.807, 2.05) is 34.9 Å². The molecule has 1 atom stereocenters. The van der Waals surface area contributed by atoms with Crippen LogP contribution < -0.4 is 5.32 Å². The largest absolute Gasteiger partial charge is 0.443 e. The first kappa shape index (κ1) is 16.7. The van der Waals surface area contributed by atoms with Crippen LogP contribution in [-0.2, 0) is 4.74 Å². The number of hydrogen-bond acceptors (Lipinski definition) is 5. The summed E-state index contributed by atoms with van der Waals surface area (Å²) in [5, 5.41) is 12.2. The van der Waals surface area contributed by atoms with Crippen LogP contribution in [-0.4, -0.2) is 39.3 Å². The predicted molar refractivity (Wildman–Crippen MR) is 101 cm³/mol. The minimum absolute atomic E-state index is 0.157. The maximum absolute atomic E-state index is 11.2. The minimum Gasteiger partial charge on any atom is -0.443 e. The second-order valence-electron chi connectivity index (χ2n) is 6.06. The highest BCUT2D eigenvalue weighted by molar-refractivity contribution is 7.99. The lowest BCUT2D eigenvalue weighted by Crippen LogP contribution is -2.17. The molecule has 0 radical (unpaired) electrons. The number of nitrogens with zero attached hydrogens (tertiary/aromatic N) is 3. The number of amides is 1. The van der Waals surface area contributed by atoms with Gasteiger partial charge in [0.05, 0.1) is 6.54 Å². The predicted octanol–water partition coefficient (Wildman–Crippen LogP) is 3.44. The number of carbonyl (C=O) groups is 1. The molecule has 1 N–H and O–H groups in total. The van der Waals surface area contributed by atoms with Crippen molar-refractivity contribution < 1.29 is 9.53 Å². The number of thioether (sulfide) groups is 1. The van der Waals surface area contributed by atoms with Gasteiger partial charge in [0.1, 0.15) is 6.10 Å². The number of carbonyl (C=O) groups excluding carboxylic acids is 1. The van der Waals surface area contributed by atoms with Crippen LogP contribution in [0.1, 0.15) is 5.56 Å².